The summed E-state index contributed by atoms with van der Waals surface area (Å²) in [5.74, 6) is 0.648. The maximum atomic E-state index is 13.8. The second-order valence-electron chi connectivity index (χ2n) is 12.9. The average Bonchev–Trinajstić information content (AvgIpc) is 3.30. The summed E-state index contributed by atoms with van der Waals surface area (Å²) in [6, 6.07) is 20.6. The number of rotatable bonds is 12. The van der Waals surface area contributed by atoms with Gasteiger partial charge < -0.3 is 14.9 Å². The Labute approximate surface area is 269 Å². The Morgan fingerprint density at radius 2 is 1.93 bits per heavy atom. The van der Waals surface area contributed by atoms with E-state index in [4.69, 9.17) is 9.47 Å². The lowest BCUT2D eigenvalue weighted by Gasteiger charge is -2.34. The number of aromatic nitrogens is 1. The molecular formula is C37H49N5O3. The highest BCUT2D eigenvalue weighted by Gasteiger charge is 2.39. The van der Waals surface area contributed by atoms with E-state index in [9.17, 15) is 4.79 Å². The quantitative estimate of drug-likeness (QED) is 0.226. The molecule has 0 fully saturated rings. The zero-order valence-corrected chi connectivity index (χ0v) is 27.8. The molecule has 1 aromatic heterocycles. The molecule has 8 nitrogen and oxygen atoms in total. The highest BCUT2D eigenvalue weighted by Crippen LogP contribution is 2.42. The van der Waals surface area contributed by atoms with E-state index in [2.05, 4.69) is 65.5 Å². The van der Waals surface area contributed by atoms with Gasteiger partial charge in [0.1, 0.15) is 18.5 Å². The van der Waals surface area contributed by atoms with Gasteiger partial charge in [-0.2, -0.15) is 0 Å². The highest BCUT2D eigenvalue weighted by atomic mass is 16.5. The Kier molecular flexibility index (Phi) is 10.5. The number of carbonyl (C=O) groups is 1. The molecular weight excluding hydrogens is 562 g/mol. The minimum atomic E-state index is -0.747. The number of aryl methyl sites for hydroxylation is 1. The number of carbonyl (C=O) groups excluding carboxylic acids is 1. The van der Waals surface area contributed by atoms with Crippen LogP contribution in [0.4, 0.5) is 0 Å². The molecule has 2 atom stereocenters. The van der Waals surface area contributed by atoms with Crippen LogP contribution in [0.1, 0.15) is 80.8 Å². The molecule has 1 unspecified atom stereocenters. The highest BCUT2D eigenvalue weighted by molar-refractivity contribution is 5.77. The van der Waals surface area contributed by atoms with E-state index in [1.807, 2.05) is 74.7 Å². The van der Waals surface area contributed by atoms with Crippen LogP contribution in [0.25, 0.3) is 0 Å². The van der Waals surface area contributed by atoms with Gasteiger partial charge >= 0.3 is 5.97 Å². The summed E-state index contributed by atoms with van der Waals surface area (Å²) >= 11 is 0. The molecule has 0 spiro atoms. The van der Waals surface area contributed by atoms with Crippen LogP contribution in [-0.2, 0) is 29.2 Å². The number of ether oxygens (including phenoxy) is 2. The Morgan fingerprint density at radius 3 is 2.67 bits per heavy atom. The zero-order chi connectivity index (χ0) is 32.0. The van der Waals surface area contributed by atoms with Crippen molar-refractivity contribution >= 4 is 5.97 Å². The van der Waals surface area contributed by atoms with Gasteiger partial charge in [-0.3, -0.25) is 19.7 Å². The summed E-state index contributed by atoms with van der Waals surface area (Å²) in [6.07, 6.45) is 6.66. The largest absolute Gasteiger partial charge is 0.487 e. The van der Waals surface area contributed by atoms with Gasteiger partial charge in [0, 0.05) is 51.3 Å². The molecule has 0 aliphatic carbocycles. The van der Waals surface area contributed by atoms with Gasteiger partial charge in [-0.25, -0.2) is 0 Å². The van der Waals surface area contributed by atoms with Gasteiger partial charge in [0.25, 0.3) is 0 Å². The molecule has 8 heteroatoms. The molecule has 0 bridgehead atoms. The van der Waals surface area contributed by atoms with E-state index < -0.39 is 5.41 Å². The minimum absolute atomic E-state index is 0.0537. The number of fused-ring (bicyclic) bond motifs is 1. The van der Waals surface area contributed by atoms with E-state index >= 15 is 0 Å². The van der Waals surface area contributed by atoms with Crippen molar-refractivity contribution in [3.63, 3.8) is 0 Å². The predicted molar refractivity (Wildman–Crippen MR) is 178 cm³/mol. The molecule has 240 valence electrons. The molecule has 1 N–H and O–H groups in total. The van der Waals surface area contributed by atoms with Crippen molar-refractivity contribution in [1.29, 1.82) is 0 Å². The zero-order valence-electron chi connectivity index (χ0n) is 27.8. The van der Waals surface area contributed by atoms with E-state index in [0.717, 1.165) is 73.7 Å². The third kappa shape index (κ3) is 7.86. The van der Waals surface area contributed by atoms with Gasteiger partial charge in [0.15, 0.2) is 0 Å². The number of esters is 1. The Bertz CT molecular complexity index is 1470. The van der Waals surface area contributed by atoms with Crippen LogP contribution in [-0.4, -0.2) is 52.2 Å². The van der Waals surface area contributed by atoms with Crippen molar-refractivity contribution in [3.05, 3.63) is 107 Å². The molecule has 2 aliphatic rings. The van der Waals surface area contributed by atoms with Gasteiger partial charge in [-0.1, -0.05) is 55.5 Å². The molecule has 2 aliphatic heterocycles. The Balaban J connectivity index is 1.40. The second kappa shape index (κ2) is 14.5. The third-order valence-corrected chi connectivity index (χ3v) is 9.23. The lowest BCUT2D eigenvalue weighted by molar-refractivity contribution is -0.157. The topological polar surface area (TPSA) is 70.2 Å². The van der Waals surface area contributed by atoms with Crippen molar-refractivity contribution in [1.82, 2.24) is 25.4 Å². The van der Waals surface area contributed by atoms with Gasteiger partial charge in [-0.15, -0.1) is 5.12 Å². The first-order valence-electron chi connectivity index (χ1n) is 16.3. The summed E-state index contributed by atoms with van der Waals surface area (Å²) in [6.45, 7) is 14.0. The average molecular weight is 612 g/mol. The monoisotopic (exact) mass is 611 g/mol. The van der Waals surface area contributed by atoms with Crippen LogP contribution in [0.5, 0.6) is 5.75 Å². The summed E-state index contributed by atoms with van der Waals surface area (Å²) in [5, 5.41) is 4.16. The summed E-state index contributed by atoms with van der Waals surface area (Å²) in [7, 11) is 2.02. The maximum Gasteiger partial charge on any atom is 0.312 e. The van der Waals surface area contributed by atoms with Crippen LogP contribution in [0, 0.1) is 12.3 Å². The number of nitrogens with one attached hydrogen (secondary N) is 1. The number of hydrogen-bond donors (Lipinski definition) is 1. The van der Waals surface area contributed by atoms with Crippen molar-refractivity contribution in [2.75, 3.05) is 20.1 Å². The van der Waals surface area contributed by atoms with E-state index in [-0.39, 0.29) is 24.6 Å². The summed E-state index contributed by atoms with van der Waals surface area (Å²) < 4.78 is 12.3. The van der Waals surface area contributed by atoms with Gasteiger partial charge in [0.05, 0.1) is 11.1 Å². The van der Waals surface area contributed by atoms with Crippen LogP contribution < -0.4 is 10.2 Å². The second-order valence-corrected chi connectivity index (χ2v) is 12.9. The van der Waals surface area contributed by atoms with Crippen molar-refractivity contribution in [2.45, 2.75) is 85.6 Å². The van der Waals surface area contributed by atoms with Crippen LogP contribution in [0.2, 0.25) is 0 Å². The molecule has 0 radical (unpaired) electrons. The minimum Gasteiger partial charge on any atom is -0.487 e. The number of pyridine rings is 1. The van der Waals surface area contributed by atoms with Crippen LogP contribution in [0.3, 0.4) is 0 Å². The maximum absolute atomic E-state index is 13.8. The number of hydrogen-bond acceptors (Lipinski definition) is 8. The molecule has 45 heavy (non-hydrogen) atoms. The number of nitrogens with zero attached hydrogens (tertiary/aromatic N) is 4. The first-order chi connectivity index (χ1) is 21.7. The first-order valence-corrected chi connectivity index (χ1v) is 16.3. The Morgan fingerprint density at radius 1 is 1.13 bits per heavy atom. The molecule has 3 aromatic rings. The molecule has 0 saturated carbocycles. The number of allylic oxidation sites excluding steroid dienone is 1. The van der Waals surface area contributed by atoms with Crippen molar-refractivity contribution in [3.8, 4) is 5.75 Å². The van der Waals surface area contributed by atoms with Gasteiger partial charge in [0.2, 0.25) is 0 Å². The van der Waals surface area contributed by atoms with E-state index in [1.54, 1.807) is 0 Å². The fourth-order valence-electron chi connectivity index (χ4n) is 6.37. The Hall–Kier alpha value is -3.88. The van der Waals surface area contributed by atoms with Crippen LogP contribution in [0.15, 0.2) is 78.8 Å². The first kappa shape index (κ1) is 32.5. The summed E-state index contributed by atoms with van der Waals surface area (Å²) in [5.41, 5.74) is 9.49. The third-order valence-electron chi connectivity index (χ3n) is 9.23. The molecule has 5 rings (SSSR count). The lowest BCUT2D eigenvalue weighted by atomic mass is 9.72. The SMILES string of the molecule is CC[C@@H]1CN(Cc2cc(C(CCC3=CN(CC)N(C)N3)C(C)(C)C(=O)OCc3ccccc3)ccc2C)Cc2ncccc2O1. The molecule has 3 heterocycles. The van der Waals surface area contributed by atoms with E-state index in [0.29, 0.717) is 0 Å². The normalized spacial score (nSPS) is 18.0. The smallest absolute Gasteiger partial charge is 0.312 e. The fraction of sp³-hybridized carbons (Fsp3) is 0.459. The van der Waals surface area contributed by atoms with E-state index in [1.165, 1.54) is 11.1 Å². The molecule has 2 aromatic carbocycles. The lowest BCUT2D eigenvalue weighted by Crippen LogP contribution is -2.38. The molecule has 0 saturated heterocycles. The summed E-state index contributed by atoms with van der Waals surface area (Å²) in [4.78, 5) is 20.9. The predicted octanol–water partition coefficient (Wildman–Crippen LogP) is 6.72. The number of hydrazine groups is 2. The standard InChI is InChI=1S/C37H49N5O3/c1-7-32-24-41(25-34-35(45-32)15-12-20-38-34)22-30-21-29(17-16-27(30)3)33(19-18-31-23-42(8-2)40(6)39-31)37(4,5)36(43)44-26-28-13-10-9-11-14-28/h9-17,20-21,23,32-33,39H,7-8,18-19,22,24-26H2,1-6H3/t32-,33?/m1/s1. The van der Waals surface area contributed by atoms with Crippen molar-refractivity contribution in [2.24, 2.45) is 5.41 Å². The van der Waals surface area contributed by atoms with Crippen LogP contribution >= 0.6 is 0 Å². The fourth-order valence-corrected chi connectivity index (χ4v) is 6.37. The number of benzene rings is 2. The molecule has 0 amide bonds. The van der Waals surface area contributed by atoms with Crippen molar-refractivity contribution < 1.29 is 14.3 Å². The van der Waals surface area contributed by atoms with Gasteiger partial charge in [-0.05, 0) is 87.3 Å².